The molecule has 1 aromatic heterocycles. The van der Waals surface area contributed by atoms with Crippen LogP contribution in [-0.4, -0.2) is 36.9 Å². The zero-order valence-electron chi connectivity index (χ0n) is 11.8. The SMILES string of the molecule is COc1ccc(NCCNC(=O)OC(C)(C)C)cn1. The molecule has 0 aromatic carbocycles. The van der Waals surface area contributed by atoms with Crippen molar-refractivity contribution in [2.75, 3.05) is 25.5 Å². The zero-order chi connectivity index (χ0) is 14.3. The molecule has 0 saturated heterocycles. The van der Waals surface area contributed by atoms with E-state index < -0.39 is 11.7 Å². The summed E-state index contributed by atoms with van der Waals surface area (Å²) in [6.07, 6.45) is 1.26. The highest BCUT2D eigenvalue weighted by Crippen LogP contribution is 2.10. The summed E-state index contributed by atoms with van der Waals surface area (Å²) in [7, 11) is 1.57. The average molecular weight is 267 g/mol. The maximum atomic E-state index is 11.4. The standard InChI is InChI=1S/C13H21N3O3/c1-13(2,3)19-12(17)15-8-7-14-10-5-6-11(18-4)16-9-10/h5-6,9,14H,7-8H2,1-4H3,(H,15,17). The van der Waals surface area contributed by atoms with Gasteiger partial charge in [-0.1, -0.05) is 0 Å². The Hall–Kier alpha value is -1.98. The first-order chi connectivity index (χ1) is 8.90. The van der Waals surface area contributed by atoms with Crippen molar-refractivity contribution in [2.45, 2.75) is 26.4 Å². The monoisotopic (exact) mass is 267 g/mol. The Labute approximate surface area is 113 Å². The number of carbonyl (C=O) groups is 1. The number of methoxy groups -OCH3 is 1. The molecule has 6 nitrogen and oxygen atoms in total. The second-order valence-corrected chi connectivity index (χ2v) is 4.94. The minimum Gasteiger partial charge on any atom is -0.481 e. The first-order valence-corrected chi connectivity index (χ1v) is 6.11. The minimum atomic E-state index is -0.475. The second-order valence-electron chi connectivity index (χ2n) is 4.94. The molecule has 2 N–H and O–H groups in total. The van der Waals surface area contributed by atoms with Gasteiger partial charge in [0.15, 0.2) is 0 Å². The molecular formula is C13H21N3O3. The van der Waals surface area contributed by atoms with E-state index in [2.05, 4.69) is 15.6 Å². The predicted octanol–water partition coefficient (Wildman–Crippen LogP) is 2.03. The van der Waals surface area contributed by atoms with Crippen molar-refractivity contribution < 1.29 is 14.3 Å². The smallest absolute Gasteiger partial charge is 0.407 e. The number of alkyl carbamates (subject to hydrolysis) is 1. The van der Waals surface area contributed by atoms with Crippen LogP contribution in [0.25, 0.3) is 0 Å². The summed E-state index contributed by atoms with van der Waals surface area (Å²) in [6.45, 7) is 6.55. The zero-order valence-corrected chi connectivity index (χ0v) is 11.8. The Morgan fingerprint density at radius 1 is 1.32 bits per heavy atom. The molecule has 0 saturated carbocycles. The van der Waals surface area contributed by atoms with Gasteiger partial charge in [0, 0.05) is 19.2 Å². The highest BCUT2D eigenvalue weighted by atomic mass is 16.6. The molecule has 0 spiro atoms. The topological polar surface area (TPSA) is 72.5 Å². The number of pyridine rings is 1. The van der Waals surface area contributed by atoms with E-state index in [4.69, 9.17) is 9.47 Å². The van der Waals surface area contributed by atoms with Crippen LogP contribution in [0.5, 0.6) is 5.88 Å². The van der Waals surface area contributed by atoms with Gasteiger partial charge in [0.05, 0.1) is 19.0 Å². The molecule has 0 atom stereocenters. The summed E-state index contributed by atoms with van der Waals surface area (Å²) in [6, 6.07) is 3.63. The second kappa shape index (κ2) is 6.82. The van der Waals surface area contributed by atoms with E-state index in [1.807, 2.05) is 26.8 Å². The first-order valence-electron chi connectivity index (χ1n) is 6.11. The number of hydrogen-bond acceptors (Lipinski definition) is 5. The summed E-state index contributed by atoms with van der Waals surface area (Å²) >= 11 is 0. The van der Waals surface area contributed by atoms with E-state index >= 15 is 0 Å². The maximum absolute atomic E-state index is 11.4. The van der Waals surface area contributed by atoms with Crippen LogP contribution in [-0.2, 0) is 4.74 Å². The number of aromatic nitrogens is 1. The van der Waals surface area contributed by atoms with E-state index in [9.17, 15) is 4.79 Å². The van der Waals surface area contributed by atoms with Crippen molar-refractivity contribution >= 4 is 11.8 Å². The van der Waals surface area contributed by atoms with Crippen molar-refractivity contribution in [2.24, 2.45) is 0 Å². The third-order valence-electron chi connectivity index (χ3n) is 2.07. The largest absolute Gasteiger partial charge is 0.481 e. The van der Waals surface area contributed by atoms with Crippen molar-refractivity contribution in [3.05, 3.63) is 18.3 Å². The molecule has 106 valence electrons. The van der Waals surface area contributed by atoms with E-state index in [1.54, 1.807) is 19.4 Å². The molecule has 0 fully saturated rings. The Morgan fingerprint density at radius 3 is 2.58 bits per heavy atom. The van der Waals surface area contributed by atoms with Crippen molar-refractivity contribution in [1.29, 1.82) is 0 Å². The van der Waals surface area contributed by atoms with E-state index in [1.165, 1.54) is 0 Å². The summed E-state index contributed by atoms with van der Waals surface area (Å²) in [4.78, 5) is 15.4. The number of amides is 1. The highest BCUT2D eigenvalue weighted by molar-refractivity contribution is 5.67. The fraction of sp³-hybridized carbons (Fsp3) is 0.538. The molecule has 0 unspecified atom stereocenters. The van der Waals surface area contributed by atoms with Crippen LogP contribution in [0.1, 0.15) is 20.8 Å². The lowest BCUT2D eigenvalue weighted by Gasteiger charge is -2.19. The van der Waals surface area contributed by atoms with Gasteiger partial charge in [-0.2, -0.15) is 0 Å². The van der Waals surface area contributed by atoms with Gasteiger partial charge in [-0.15, -0.1) is 0 Å². The van der Waals surface area contributed by atoms with Gasteiger partial charge in [0.1, 0.15) is 5.60 Å². The fourth-order valence-electron chi connectivity index (χ4n) is 1.29. The Balaban J connectivity index is 2.21. The number of rotatable bonds is 5. The molecule has 1 heterocycles. The van der Waals surface area contributed by atoms with Crippen molar-refractivity contribution in [1.82, 2.24) is 10.3 Å². The number of nitrogens with one attached hydrogen (secondary N) is 2. The highest BCUT2D eigenvalue weighted by Gasteiger charge is 2.15. The molecule has 1 aromatic rings. The van der Waals surface area contributed by atoms with Crippen molar-refractivity contribution in [3.8, 4) is 5.88 Å². The Morgan fingerprint density at radius 2 is 2.05 bits per heavy atom. The van der Waals surface area contributed by atoms with Gasteiger partial charge in [-0.05, 0) is 26.8 Å². The Kier molecular flexibility index (Phi) is 5.41. The van der Waals surface area contributed by atoms with Gasteiger partial charge < -0.3 is 20.1 Å². The third kappa shape index (κ3) is 6.49. The van der Waals surface area contributed by atoms with Crippen LogP contribution >= 0.6 is 0 Å². The van der Waals surface area contributed by atoms with Gasteiger partial charge in [0.2, 0.25) is 5.88 Å². The number of nitrogens with zero attached hydrogens (tertiary/aromatic N) is 1. The van der Waals surface area contributed by atoms with E-state index in [0.29, 0.717) is 19.0 Å². The van der Waals surface area contributed by atoms with Gasteiger partial charge in [0.25, 0.3) is 0 Å². The van der Waals surface area contributed by atoms with Crippen LogP contribution in [0.3, 0.4) is 0 Å². The number of carbonyl (C=O) groups excluding carboxylic acids is 1. The molecule has 1 amide bonds. The molecule has 6 heteroatoms. The maximum Gasteiger partial charge on any atom is 0.407 e. The minimum absolute atomic E-state index is 0.415. The summed E-state index contributed by atoms with van der Waals surface area (Å²) in [5.41, 5.74) is 0.393. The molecule has 0 aliphatic carbocycles. The molecule has 19 heavy (non-hydrogen) atoms. The molecule has 0 aliphatic heterocycles. The quantitative estimate of drug-likeness (QED) is 0.799. The molecular weight excluding hydrogens is 246 g/mol. The van der Waals surface area contributed by atoms with Crippen LogP contribution in [0.15, 0.2) is 18.3 Å². The summed E-state index contributed by atoms with van der Waals surface area (Å²) < 4.78 is 10.1. The van der Waals surface area contributed by atoms with Gasteiger partial charge in [-0.3, -0.25) is 0 Å². The van der Waals surface area contributed by atoms with Crippen LogP contribution in [0.2, 0.25) is 0 Å². The predicted molar refractivity (Wildman–Crippen MR) is 73.5 cm³/mol. The number of ether oxygens (including phenoxy) is 2. The molecule has 0 aliphatic rings. The molecule has 0 radical (unpaired) electrons. The summed E-state index contributed by atoms with van der Waals surface area (Å²) in [5, 5.41) is 5.79. The number of hydrogen-bond donors (Lipinski definition) is 2. The average Bonchev–Trinajstić information content (AvgIpc) is 2.33. The number of anilines is 1. The third-order valence-corrected chi connectivity index (χ3v) is 2.07. The lowest BCUT2D eigenvalue weighted by Crippen LogP contribution is -2.34. The van der Waals surface area contributed by atoms with E-state index in [-0.39, 0.29) is 0 Å². The van der Waals surface area contributed by atoms with Gasteiger partial charge >= 0.3 is 6.09 Å². The fourth-order valence-corrected chi connectivity index (χ4v) is 1.29. The van der Waals surface area contributed by atoms with Crippen LogP contribution < -0.4 is 15.4 Å². The molecule has 1 rings (SSSR count). The van der Waals surface area contributed by atoms with E-state index in [0.717, 1.165) is 5.69 Å². The van der Waals surface area contributed by atoms with Crippen molar-refractivity contribution in [3.63, 3.8) is 0 Å². The van der Waals surface area contributed by atoms with Crippen LogP contribution in [0, 0.1) is 0 Å². The van der Waals surface area contributed by atoms with Crippen LogP contribution in [0.4, 0.5) is 10.5 Å². The Bertz CT molecular complexity index is 399. The lowest BCUT2D eigenvalue weighted by molar-refractivity contribution is 0.0530. The summed E-state index contributed by atoms with van der Waals surface area (Å²) in [5.74, 6) is 0.567. The van der Waals surface area contributed by atoms with Gasteiger partial charge in [-0.25, -0.2) is 9.78 Å². The normalized spacial score (nSPS) is 10.7. The lowest BCUT2D eigenvalue weighted by atomic mass is 10.2. The first kappa shape index (κ1) is 15.1. The molecule has 0 bridgehead atoms.